The average molecular weight is 316 g/mol. The molecule has 0 atom stereocenters. The van der Waals surface area contributed by atoms with Crippen molar-refractivity contribution in [1.29, 1.82) is 0 Å². The topological polar surface area (TPSA) is 90.7 Å². The molecule has 0 unspecified atom stereocenters. The van der Waals surface area contributed by atoms with Crippen LogP contribution in [0, 0.1) is 10.1 Å². The predicted molar refractivity (Wildman–Crippen MR) is 83.4 cm³/mol. The van der Waals surface area contributed by atoms with Crippen LogP contribution in [-0.2, 0) is 11.3 Å². The largest absolute Gasteiger partial charge is 0.493 e. The first-order valence-corrected chi connectivity index (χ1v) is 6.86. The summed E-state index contributed by atoms with van der Waals surface area (Å²) >= 11 is 0. The van der Waals surface area contributed by atoms with Gasteiger partial charge < -0.3 is 14.8 Å². The van der Waals surface area contributed by atoms with Crippen molar-refractivity contribution >= 4 is 11.6 Å². The monoisotopic (exact) mass is 316 g/mol. The molecule has 0 aromatic heterocycles. The molecule has 0 aliphatic heterocycles. The Labute approximate surface area is 133 Å². The van der Waals surface area contributed by atoms with Gasteiger partial charge in [0.1, 0.15) is 0 Å². The molecule has 2 rings (SSSR count). The molecule has 120 valence electrons. The van der Waals surface area contributed by atoms with Gasteiger partial charge in [-0.1, -0.05) is 30.3 Å². The second kappa shape index (κ2) is 7.79. The Morgan fingerprint density at radius 2 is 1.91 bits per heavy atom. The number of ether oxygens (including phenoxy) is 2. The number of nitrogens with one attached hydrogen (secondary N) is 1. The molecule has 2 aromatic rings. The number of rotatable bonds is 7. The van der Waals surface area contributed by atoms with E-state index in [4.69, 9.17) is 9.47 Å². The Hall–Kier alpha value is -3.09. The van der Waals surface area contributed by atoms with E-state index >= 15 is 0 Å². The van der Waals surface area contributed by atoms with Crippen molar-refractivity contribution < 1.29 is 19.2 Å². The Kier molecular flexibility index (Phi) is 5.51. The number of nitro benzene ring substituents is 1. The van der Waals surface area contributed by atoms with Gasteiger partial charge in [0.15, 0.2) is 18.1 Å². The van der Waals surface area contributed by atoms with E-state index in [-0.39, 0.29) is 24.0 Å². The fourth-order valence-corrected chi connectivity index (χ4v) is 1.88. The molecule has 0 aliphatic rings. The molecule has 23 heavy (non-hydrogen) atoms. The summed E-state index contributed by atoms with van der Waals surface area (Å²) in [4.78, 5) is 22.0. The van der Waals surface area contributed by atoms with Crippen LogP contribution in [0.4, 0.5) is 5.69 Å². The number of benzene rings is 2. The van der Waals surface area contributed by atoms with Crippen LogP contribution in [0.5, 0.6) is 11.5 Å². The highest BCUT2D eigenvalue weighted by molar-refractivity contribution is 5.77. The Morgan fingerprint density at radius 1 is 1.17 bits per heavy atom. The van der Waals surface area contributed by atoms with E-state index in [1.807, 2.05) is 30.3 Å². The van der Waals surface area contributed by atoms with Gasteiger partial charge in [-0.3, -0.25) is 14.9 Å². The van der Waals surface area contributed by atoms with E-state index in [1.54, 1.807) is 0 Å². The lowest BCUT2D eigenvalue weighted by Gasteiger charge is -2.10. The SMILES string of the molecule is COc1ccc([N+](=O)[O-])cc1OCC(=O)NCc1ccccc1. The highest BCUT2D eigenvalue weighted by Gasteiger charge is 2.13. The summed E-state index contributed by atoms with van der Waals surface area (Å²) in [6, 6.07) is 13.4. The smallest absolute Gasteiger partial charge is 0.273 e. The molecule has 0 fully saturated rings. The van der Waals surface area contributed by atoms with Crippen molar-refractivity contribution in [2.24, 2.45) is 0 Å². The minimum atomic E-state index is -0.540. The molecule has 2 aromatic carbocycles. The molecular formula is C16H16N2O5. The van der Waals surface area contributed by atoms with Gasteiger partial charge in [-0.15, -0.1) is 0 Å². The summed E-state index contributed by atoms with van der Waals surface area (Å²) in [5, 5.41) is 13.5. The zero-order valence-electron chi connectivity index (χ0n) is 12.5. The third kappa shape index (κ3) is 4.70. The third-order valence-corrected chi connectivity index (χ3v) is 3.05. The number of methoxy groups -OCH3 is 1. The van der Waals surface area contributed by atoms with Crippen LogP contribution >= 0.6 is 0 Å². The predicted octanol–water partition coefficient (Wildman–Crippen LogP) is 2.30. The van der Waals surface area contributed by atoms with E-state index in [0.29, 0.717) is 12.3 Å². The molecule has 0 aliphatic carbocycles. The van der Waals surface area contributed by atoms with E-state index < -0.39 is 4.92 Å². The van der Waals surface area contributed by atoms with E-state index in [2.05, 4.69) is 5.32 Å². The number of hydrogen-bond acceptors (Lipinski definition) is 5. The van der Waals surface area contributed by atoms with Gasteiger partial charge in [-0.2, -0.15) is 0 Å². The third-order valence-electron chi connectivity index (χ3n) is 3.05. The van der Waals surface area contributed by atoms with Gasteiger partial charge in [-0.25, -0.2) is 0 Å². The lowest BCUT2D eigenvalue weighted by Crippen LogP contribution is -2.28. The fourth-order valence-electron chi connectivity index (χ4n) is 1.88. The first-order chi connectivity index (χ1) is 11.1. The fraction of sp³-hybridized carbons (Fsp3) is 0.188. The van der Waals surface area contributed by atoms with Crippen LogP contribution in [0.15, 0.2) is 48.5 Å². The molecule has 0 saturated heterocycles. The molecular weight excluding hydrogens is 300 g/mol. The lowest BCUT2D eigenvalue weighted by atomic mass is 10.2. The van der Waals surface area contributed by atoms with E-state index in [1.165, 1.54) is 25.3 Å². The first kappa shape index (κ1) is 16.3. The standard InChI is InChI=1S/C16H16N2O5/c1-22-14-8-7-13(18(20)21)9-15(14)23-11-16(19)17-10-12-5-3-2-4-6-12/h2-9H,10-11H2,1H3,(H,17,19). The van der Waals surface area contributed by atoms with Crippen molar-refractivity contribution in [3.63, 3.8) is 0 Å². The molecule has 0 bridgehead atoms. The van der Waals surface area contributed by atoms with Gasteiger partial charge in [0, 0.05) is 12.6 Å². The van der Waals surface area contributed by atoms with Gasteiger partial charge >= 0.3 is 0 Å². The van der Waals surface area contributed by atoms with Crippen molar-refractivity contribution in [3.8, 4) is 11.5 Å². The number of carbonyl (C=O) groups excluding carboxylic acids is 1. The van der Waals surface area contributed by atoms with Crippen molar-refractivity contribution in [2.45, 2.75) is 6.54 Å². The molecule has 0 heterocycles. The Balaban J connectivity index is 1.93. The van der Waals surface area contributed by atoms with E-state index in [0.717, 1.165) is 5.56 Å². The summed E-state index contributed by atoms with van der Waals surface area (Å²) in [5.41, 5.74) is 0.833. The Bertz CT molecular complexity index is 688. The second-order valence-electron chi connectivity index (χ2n) is 4.64. The maximum absolute atomic E-state index is 11.8. The average Bonchev–Trinajstić information content (AvgIpc) is 2.58. The summed E-state index contributed by atoms with van der Waals surface area (Å²) in [6.07, 6.45) is 0. The molecule has 7 heteroatoms. The molecule has 0 spiro atoms. The van der Waals surface area contributed by atoms with Gasteiger partial charge in [0.05, 0.1) is 18.1 Å². The van der Waals surface area contributed by atoms with Crippen LogP contribution in [0.2, 0.25) is 0 Å². The highest BCUT2D eigenvalue weighted by atomic mass is 16.6. The minimum Gasteiger partial charge on any atom is -0.493 e. The van der Waals surface area contributed by atoms with Crippen molar-refractivity contribution in [2.75, 3.05) is 13.7 Å². The summed E-state index contributed by atoms with van der Waals surface area (Å²) in [5.74, 6) is 0.144. The maximum atomic E-state index is 11.8. The molecule has 7 nitrogen and oxygen atoms in total. The summed E-state index contributed by atoms with van der Waals surface area (Å²) < 4.78 is 10.4. The van der Waals surface area contributed by atoms with Crippen LogP contribution in [0.25, 0.3) is 0 Å². The van der Waals surface area contributed by atoms with Crippen molar-refractivity contribution in [3.05, 3.63) is 64.2 Å². The quantitative estimate of drug-likeness (QED) is 0.625. The minimum absolute atomic E-state index is 0.134. The highest BCUT2D eigenvalue weighted by Crippen LogP contribution is 2.30. The van der Waals surface area contributed by atoms with Gasteiger partial charge in [-0.05, 0) is 11.6 Å². The van der Waals surface area contributed by atoms with Gasteiger partial charge in [0.2, 0.25) is 0 Å². The number of amides is 1. The first-order valence-electron chi connectivity index (χ1n) is 6.86. The molecule has 0 saturated carbocycles. The second-order valence-corrected chi connectivity index (χ2v) is 4.64. The van der Waals surface area contributed by atoms with Gasteiger partial charge in [0.25, 0.3) is 11.6 Å². The molecule has 0 radical (unpaired) electrons. The number of hydrogen-bond donors (Lipinski definition) is 1. The zero-order valence-corrected chi connectivity index (χ0v) is 12.5. The summed E-state index contributed by atoms with van der Waals surface area (Å²) in [6.45, 7) is 0.124. The molecule has 1 N–H and O–H groups in total. The lowest BCUT2D eigenvalue weighted by molar-refractivity contribution is -0.385. The van der Waals surface area contributed by atoms with Crippen molar-refractivity contribution in [1.82, 2.24) is 5.32 Å². The Morgan fingerprint density at radius 3 is 2.57 bits per heavy atom. The normalized spacial score (nSPS) is 9.96. The maximum Gasteiger partial charge on any atom is 0.273 e. The van der Waals surface area contributed by atoms with E-state index in [9.17, 15) is 14.9 Å². The number of nitrogens with zero attached hydrogens (tertiary/aromatic N) is 1. The molecule has 1 amide bonds. The summed E-state index contributed by atoms with van der Waals surface area (Å²) in [7, 11) is 1.42. The number of nitro groups is 1. The zero-order chi connectivity index (χ0) is 16.7. The number of non-ortho nitro benzene ring substituents is 1. The number of carbonyl (C=O) groups is 1. The van der Waals surface area contributed by atoms with Crippen LogP contribution in [-0.4, -0.2) is 24.5 Å². The van der Waals surface area contributed by atoms with Crippen LogP contribution in [0.3, 0.4) is 0 Å². The van der Waals surface area contributed by atoms with Crippen LogP contribution < -0.4 is 14.8 Å². The van der Waals surface area contributed by atoms with Crippen LogP contribution in [0.1, 0.15) is 5.56 Å².